The average Bonchev–Trinajstić information content (AvgIpc) is 2.82. The van der Waals surface area contributed by atoms with E-state index in [1.807, 2.05) is 13.8 Å². The Kier molecular flexibility index (Phi) is 4.06. The Bertz CT molecular complexity index is 486. The van der Waals surface area contributed by atoms with Crippen molar-refractivity contribution in [2.45, 2.75) is 20.3 Å². The van der Waals surface area contributed by atoms with Crippen LogP contribution in [0.25, 0.3) is 0 Å². The first-order valence-corrected chi connectivity index (χ1v) is 5.76. The minimum atomic E-state index is 0.574. The maximum Gasteiger partial charge on any atom is 0.228 e. The summed E-state index contributed by atoms with van der Waals surface area (Å²) in [6.07, 6.45) is 2.03. The molecular weight excluding hydrogens is 234 g/mol. The third-order valence-corrected chi connectivity index (χ3v) is 2.16. The van der Waals surface area contributed by atoms with E-state index in [1.54, 1.807) is 6.07 Å². The number of aromatic nitrogens is 4. The summed E-state index contributed by atoms with van der Waals surface area (Å²) in [5, 5.41) is 6.70. The second-order valence-corrected chi connectivity index (χ2v) is 3.58. The van der Waals surface area contributed by atoms with E-state index < -0.39 is 0 Å². The lowest BCUT2D eigenvalue weighted by molar-refractivity contribution is 0.325. The van der Waals surface area contributed by atoms with Crippen LogP contribution in [0, 0.1) is 6.92 Å². The summed E-state index contributed by atoms with van der Waals surface area (Å²) < 4.78 is 10.2. The van der Waals surface area contributed by atoms with E-state index in [1.165, 1.54) is 6.33 Å². The molecule has 0 aliphatic carbocycles. The number of nitrogens with one attached hydrogen (secondary N) is 1. The number of ether oxygens (including phenoxy) is 1. The topological polar surface area (TPSA) is 86.0 Å². The van der Waals surface area contributed by atoms with E-state index in [9.17, 15) is 0 Å². The van der Waals surface area contributed by atoms with Crippen LogP contribution >= 0.6 is 0 Å². The van der Waals surface area contributed by atoms with Gasteiger partial charge in [0.2, 0.25) is 11.8 Å². The molecule has 18 heavy (non-hydrogen) atoms. The number of hydrogen-bond acceptors (Lipinski definition) is 7. The van der Waals surface area contributed by atoms with Gasteiger partial charge in [0.15, 0.2) is 6.33 Å². The minimum Gasteiger partial charge on any atom is -0.478 e. The molecule has 0 unspecified atom stereocenters. The van der Waals surface area contributed by atoms with Crippen molar-refractivity contribution in [1.82, 2.24) is 20.1 Å². The SMILES string of the molecule is CCOc1cc(NCCc2ncno2)nc(C)n1. The van der Waals surface area contributed by atoms with Crippen molar-refractivity contribution >= 4 is 5.82 Å². The molecule has 0 atom stereocenters. The van der Waals surface area contributed by atoms with Crippen LogP contribution in [0.4, 0.5) is 5.82 Å². The van der Waals surface area contributed by atoms with Gasteiger partial charge >= 0.3 is 0 Å². The summed E-state index contributed by atoms with van der Waals surface area (Å²) in [7, 11) is 0. The Morgan fingerprint density at radius 1 is 1.39 bits per heavy atom. The Hall–Kier alpha value is -2.18. The summed E-state index contributed by atoms with van der Waals surface area (Å²) in [5.41, 5.74) is 0. The third kappa shape index (κ3) is 3.41. The first kappa shape index (κ1) is 12.3. The van der Waals surface area contributed by atoms with Gasteiger partial charge in [0, 0.05) is 19.0 Å². The van der Waals surface area contributed by atoms with Crippen LogP contribution in [0.2, 0.25) is 0 Å². The molecule has 0 saturated heterocycles. The standard InChI is InChI=1S/C11H15N5O2/c1-3-17-11-6-9(15-8(2)16-11)12-5-4-10-13-7-14-18-10/h6-7H,3-5H2,1-2H3,(H,12,15,16). The molecule has 0 fully saturated rings. The predicted molar refractivity (Wildman–Crippen MR) is 64.4 cm³/mol. The number of nitrogens with zero attached hydrogens (tertiary/aromatic N) is 4. The molecule has 0 radical (unpaired) electrons. The van der Waals surface area contributed by atoms with Crippen molar-refractivity contribution in [3.05, 3.63) is 24.1 Å². The van der Waals surface area contributed by atoms with Crippen molar-refractivity contribution in [2.24, 2.45) is 0 Å². The van der Waals surface area contributed by atoms with Gasteiger partial charge in [-0.25, -0.2) is 4.98 Å². The van der Waals surface area contributed by atoms with Gasteiger partial charge in [0.1, 0.15) is 11.6 Å². The third-order valence-electron chi connectivity index (χ3n) is 2.16. The van der Waals surface area contributed by atoms with Crippen LogP contribution in [-0.4, -0.2) is 33.3 Å². The zero-order chi connectivity index (χ0) is 12.8. The van der Waals surface area contributed by atoms with Gasteiger partial charge in [0.25, 0.3) is 0 Å². The highest BCUT2D eigenvalue weighted by Crippen LogP contribution is 2.13. The first-order chi connectivity index (χ1) is 8.78. The second-order valence-electron chi connectivity index (χ2n) is 3.58. The van der Waals surface area contributed by atoms with Gasteiger partial charge in [-0.3, -0.25) is 0 Å². The largest absolute Gasteiger partial charge is 0.478 e. The predicted octanol–water partition coefficient (Wildman–Crippen LogP) is 1.22. The number of anilines is 1. The molecule has 2 aromatic rings. The van der Waals surface area contributed by atoms with Gasteiger partial charge in [-0.05, 0) is 13.8 Å². The highest BCUT2D eigenvalue weighted by atomic mass is 16.5. The van der Waals surface area contributed by atoms with Crippen LogP contribution in [0.5, 0.6) is 5.88 Å². The Morgan fingerprint density at radius 3 is 3.00 bits per heavy atom. The van der Waals surface area contributed by atoms with Crippen LogP contribution in [0.15, 0.2) is 16.9 Å². The van der Waals surface area contributed by atoms with E-state index in [0.29, 0.717) is 37.2 Å². The summed E-state index contributed by atoms with van der Waals surface area (Å²) >= 11 is 0. The highest BCUT2D eigenvalue weighted by Gasteiger charge is 2.03. The van der Waals surface area contributed by atoms with E-state index in [4.69, 9.17) is 9.26 Å². The van der Waals surface area contributed by atoms with Crippen LogP contribution < -0.4 is 10.1 Å². The lowest BCUT2D eigenvalue weighted by Crippen LogP contribution is -2.08. The molecule has 0 saturated carbocycles. The van der Waals surface area contributed by atoms with Gasteiger partial charge in [-0.1, -0.05) is 5.16 Å². The fraction of sp³-hybridized carbons (Fsp3) is 0.455. The normalized spacial score (nSPS) is 10.3. The van der Waals surface area contributed by atoms with E-state index in [-0.39, 0.29) is 0 Å². The molecule has 2 aromatic heterocycles. The molecule has 2 heterocycles. The Labute approximate surface area is 105 Å². The van der Waals surface area contributed by atoms with E-state index >= 15 is 0 Å². The lowest BCUT2D eigenvalue weighted by Gasteiger charge is -2.07. The number of hydrogen-bond donors (Lipinski definition) is 1. The molecule has 96 valence electrons. The maximum atomic E-state index is 5.35. The minimum absolute atomic E-state index is 0.574. The molecular formula is C11H15N5O2. The van der Waals surface area contributed by atoms with Crippen molar-refractivity contribution < 1.29 is 9.26 Å². The second kappa shape index (κ2) is 5.95. The summed E-state index contributed by atoms with van der Waals surface area (Å²) in [6.45, 7) is 4.98. The lowest BCUT2D eigenvalue weighted by atomic mass is 10.4. The molecule has 0 aromatic carbocycles. The monoisotopic (exact) mass is 249 g/mol. The number of rotatable bonds is 6. The molecule has 1 N–H and O–H groups in total. The fourth-order valence-electron chi connectivity index (χ4n) is 1.46. The molecule has 0 aliphatic heterocycles. The zero-order valence-electron chi connectivity index (χ0n) is 10.4. The van der Waals surface area contributed by atoms with Crippen molar-refractivity contribution in [3.63, 3.8) is 0 Å². The Balaban J connectivity index is 1.92. The van der Waals surface area contributed by atoms with Crippen molar-refractivity contribution in [3.8, 4) is 5.88 Å². The van der Waals surface area contributed by atoms with Gasteiger partial charge in [-0.15, -0.1) is 0 Å². The molecule has 7 heteroatoms. The quantitative estimate of drug-likeness (QED) is 0.823. The summed E-state index contributed by atoms with van der Waals surface area (Å²) in [4.78, 5) is 12.4. The van der Waals surface area contributed by atoms with Crippen LogP contribution in [-0.2, 0) is 6.42 Å². The molecule has 0 aliphatic rings. The fourth-order valence-corrected chi connectivity index (χ4v) is 1.46. The van der Waals surface area contributed by atoms with Crippen molar-refractivity contribution in [2.75, 3.05) is 18.5 Å². The zero-order valence-corrected chi connectivity index (χ0v) is 10.4. The molecule has 0 amide bonds. The van der Waals surface area contributed by atoms with Crippen LogP contribution in [0.1, 0.15) is 18.6 Å². The van der Waals surface area contributed by atoms with Crippen molar-refractivity contribution in [1.29, 1.82) is 0 Å². The van der Waals surface area contributed by atoms with Gasteiger partial charge < -0.3 is 14.6 Å². The highest BCUT2D eigenvalue weighted by molar-refractivity contribution is 5.38. The summed E-state index contributed by atoms with van der Waals surface area (Å²) in [5.74, 6) is 2.57. The van der Waals surface area contributed by atoms with E-state index in [2.05, 4.69) is 25.4 Å². The molecule has 0 spiro atoms. The smallest absolute Gasteiger partial charge is 0.228 e. The average molecular weight is 249 g/mol. The molecule has 0 bridgehead atoms. The summed E-state index contributed by atoms with van der Waals surface area (Å²) in [6, 6.07) is 1.77. The molecule has 2 rings (SSSR count). The Morgan fingerprint density at radius 2 is 2.28 bits per heavy atom. The van der Waals surface area contributed by atoms with Gasteiger partial charge in [0.05, 0.1) is 6.61 Å². The maximum absolute atomic E-state index is 5.35. The van der Waals surface area contributed by atoms with Gasteiger partial charge in [-0.2, -0.15) is 9.97 Å². The molecule has 7 nitrogen and oxygen atoms in total. The number of aryl methyl sites for hydroxylation is 1. The van der Waals surface area contributed by atoms with Crippen LogP contribution in [0.3, 0.4) is 0 Å². The first-order valence-electron chi connectivity index (χ1n) is 5.76. The van der Waals surface area contributed by atoms with E-state index in [0.717, 1.165) is 5.82 Å².